The second kappa shape index (κ2) is 6.37. The zero-order chi connectivity index (χ0) is 18.3. The maximum Gasteiger partial charge on any atom is 0.272 e. The van der Waals surface area contributed by atoms with Crippen molar-refractivity contribution in [1.29, 1.82) is 5.26 Å². The first-order valence-electron chi connectivity index (χ1n) is 8.06. The monoisotopic (exact) mass is 364 g/mol. The summed E-state index contributed by atoms with van der Waals surface area (Å²) in [5.41, 5.74) is 2.57. The van der Waals surface area contributed by atoms with Crippen molar-refractivity contribution in [2.75, 3.05) is 7.05 Å². The second-order valence-corrected chi connectivity index (χ2v) is 7.15. The van der Waals surface area contributed by atoms with Gasteiger partial charge in [-0.3, -0.25) is 18.7 Å². The van der Waals surface area contributed by atoms with E-state index in [0.717, 1.165) is 23.4 Å². The quantitative estimate of drug-likeness (QED) is 0.554. The van der Waals surface area contributed by atoms with Crippen molar-refractivity contribution in [2.24, 2.45) is 7.05 Å². The highest BCUT2D eigenvalue weighted by atomic mass is 32.1. The van der Waals surface area contributed by atoms with Gasteiger partial charge in [0.15, 0.2) is 5.82 Å². The van der Waals surface area contributed by atoms with E-state index in [-0.39, 0.29) is 5.56 Å². The predicted octanol–water partition coefficient (Wildman–Crippen LogP) is 2.15. The van der Waals surface area contributed by atoms with E-state index in [1.54, 1.807) is 7.05 Å². The van der Waals surface area contributed by atoms with Crippen LogP contribution in [-0.4, -0.2) is 31.1 Å². The first-order valence-corrected chi connectivity index (χ1v) is 8.94. The molecule has 3 aromatic heterocycles. The Morgan fingerprint density at radius 1 is 1.19 bits per heavy atom. The maximum atomic E-state index is 12.4. The third kappa shape index (κ3) is 2.67. The molecule has 0 amide bonds. The van der Waals surface area contributed by atoms with Gasteiger partial charge in [-0.05, 0) is 36.2 Å². The lowest BCUT2D eigenvalue weighted by molar-refractivity contribution is 0.310. The van der Waals surface area contributed by atoms with Crippen molar-refractivity contribution >= 4 is 27.3 Å². The smallest absolute Gasteiger partial charge is 0.272 e. The molecule has 0 N–H and O–H groups in total. The third-order valence-corrected chi connectivity index (χ3v) is 5.24. The lowest BCUT2D eigenvalue weighted by Crippen LogP contribution is -2.21. The molecule has 1 aromatic carbocycles. The molecule has 0 radical (unpaired) electrons. The van der Waals surface area contributed by atoms with Gasteiger partial charge >= 0.3 is 0 Å². The summed E-state index contributed by atoms with van der Waals surface area (Å²) in [7, 11) is 3.72. The Morgan fingerprint density at radius 2 is 1.96 bits per heavy atom. The summed E-state index contributed by atoms with van der Waals surface area (Å²) in [6, 6.07) is 11.6. The van der Waals surface area contributed by atoms with E-state index in [9.17, 15) is 4.79 Å². The number of aryl methyl sites for hydroxylation is 1. The van der Waals surface area contributed by atoms with Crippen molar-refractivity contribution in [1.82, 2.24) is 24.1 Å². The number of hydrogen-bond donors (Lipinski definition) is 0. The number of nitriles is 1. The van der Waals surface area contributed by atoms with Crippen molar-refractivity contribution < 1.29 is 0 Å². The van der Waals surface area contributed by atoms with Crippen LogP contribution in [0.15, 0.2) is 40.5 Å². The van der Waals surface area contributed by atoms with E-state index in [1.807, 2.05) is 47.2 Å². The molecule has 0 aliphatic rings. The molecule has 0 aliphatic heterocycles. The Bertz CT molecular complexity index is 1190. The van der Waals surface area contributed by atoms with Gasteiger partial charge < -0.3 is 0 Å². The summed E-state index contributed by atoms with van der Waals surface area (Å²) in [6.45, 7) is 1.31. The highest BCUT2D eigenvalue weighted by Crippen LogP contribution is 2.20. The lowest BCUT2D eigenvalue weighted by Gasteiger charge is -2.16. The first-order chi connectivity index (χ1) is 12.6. The maximum absolute atomic E-state index is 12.4. The molecule has 130 valence electrons. The number of rotatable bonds is 4. The van der Waals surface area contributed by atoms with Gasteiger partial charge in [-0.1, -0.05) is 12.1 Å². The van der Waals surface area contributed by atoms with Gasteiger partial charge in [-0.15, -0.1) is 21.5 Å². The number of thiophene rings is 1. The SMILES string of the molecule is CN(Cc1ccc(C#N)cc1)Cc1nnc2n(C)c(=O)c3sccc3n12. The fourth-order valence-electron chi connectivity index (χ4n) is 3.05. The van der Waals surface area contributed by atoms with Crippen LogP contribution in [-0.2, 0) is 20.1 Å². The Morgan fingerprint density at radius 3 is 2.69 bits per heavy atom. The van der Waals surface area contributed by atoms with Crippen LogP contribution in [0.3, 0.4) is 0 Å². The minimum atomic E-state index is -0.0487. The third-order valence-electron chi connectivity index (χ3n) is 4.34. The number of hydrogen-bond acceptors (Lipinski definition) is 6. The normalized spacial score (nSPS) is 11.5. The highest BCUT2D eigenvalue weighted by Gasteiger charge is 2.16. The average Bonchev–Trinajstić information content (AvgIpc) is 3.27. The average molecular weight is 364 g/mol. The zero-order valence-electron chi connectivity index (χ0n) is 14.4. The van der Waals surface area contributed by atoms with Crippen molar-refractivity contribution in [3.8, 4) is 6.07 Å². The van der Waals surface area contributed by atoms with Gasteiger partial charge in [-0.25, -0.2) is 0 Å². The van der Waals surface area contributed by atoms with E-state index in [2.05, 4.69) is 21.2 Å². The highest BCUT2D eigenvalue weighted by molar-refractivity contribution is 7.17. The van der Waals surface area contributed by atoms with Crippen LogP contribution < -0.4 is 5.56 Å². The lowest BCUT2D eigenvalue weighted by atomic mass is 10.1. The number of nitrogens with zero attached hydrogens (tertiary/aromatic N) is 6. The van der Waals surface area contributed by atoms with E-state index in [0.29, 0.717) is 22.6 Å². The molecule has 4 rings (SSSR count). The molecule has 0 atom stereocenters. The summed E-state index contributed by atoms with van der Waals surface area (Å²) in [5.74, 6) is 1.33. The molecule has 0 bridgehead atoms. The molecular weight excluding hydrogens is 348 g/mol. The van der Waals surface area contributed by atoms with Gasteiger partial charge in [-0.2, -0.15) is 5.26 Å². The van der Waals surface area contributed by atoms with Crippen LogP contribution in [0.5, 0.6) is 0 Å². The molecule has 0 unspecified atom stereocenters. The summed E-state index contributed by atoms with van der Waals surface area (Å²) >= 11 is 1.43. The summed E-state index contributed by atoms with van der Waals surface area (Å²) in [6.07, 6.45) is 0. The number of benzene rings is 1. The van der Waals surface area contributed by atoms with Gasteiger partial charge in [0, 0.05) is 13.6 Å². The predicted molar refractivity (Wildman–Crippen MR) is 99.9 cm³/mol. The molecule has 26 heavy (non-hydrogen) atoms. The molecule has 0 aliphatic carbocycles. The van der Waals surface area contributed by atoms with Crippen LogP contribution in [0.25, 0.3) is 16.0 Å². The molecular formula is C18H16N6OS. The minimum absolute atomic E-state index is 0.0487. The standard InChI is InChI=1S/C18H16N6OS/c1-22(10-13-5-3-12(9-19)4-6-13)11-15-20-21-18-23(2)17(25)16-14(24(15)18)7-8-26-16/h3-8H,10-11H2,1-2H3. The first kappa shape index (κ1) is 16.4. The molecule has 7 nitrogen and oxygen atoms in total. The molecule has 8 heteroatoms. The minimum Gasteiger partial charge on any atom is -0.295 e. The molecule has 0 spiro atoms. The van der Waals surface area contributed by atoms with Crippen LogP contribution in [0.1, 0.15) is 17.0 Å². The fourth-order valence-corrected chi connectivity index (χ4v) is 3.90. The van der Waals surface area contributed by atoms with Crippen molar-refractivity contribution in [3.63, 3.8) is 0 Å². The van der Waals surface area contributed by atoms with E-state index >= 15 is 0 Å². The van der Waals surface area contributed by atoms with Gasteiger partial charge in [0.05, 0.1) is 23.7 Å². The van der Waals surface area contributed by atoms with E-state index in [4.69, 9.17) is 5.26 Å². The van der Waals surface area contributed by atoms with Crippen LogP contribution in [0.2, 0.25) is 0 Å². The van der Waals surface area contributed by atoms with Crippen LogP contribution in [0.4, 0.5) is 0 Å². The van der Waals surface area contributed by atoms with Crippen molar-refractivity contribution in [3.05, 3.63) is 63.0 Å². The van der Waals surface area contributed by atoms with Crippen LogP contribution in [0, 0.1) is 11.3 Å². The Kier molecular flexibility index (Phi) is 4.03. The molecule has 0 saturated heterocycles. The van der Waals surface area contributed by atoms with Crippen molar-refractivity contribution in [2.45, 2.75) is 13.1 Å². The molecule has 0 fully saturated rings. The van der Waals surface area contributed by atoms with Crippen LogP contribution >= 0.6 is 11.3 Å². The molecule has 0 saturated carbocycles. The largest absolute Gasteiger partial charge is 0.295 e. The van der Waals surface area contributed by atoms with Gasteiger partial charge in [0.1, 0.15) is 4.70 Å². The summed E-state index contributed by atoms with van der Waals surface area (Å²) < 4.78 is 4.19. The second-order valence-electron chi connectivity index (χ2n) is 6.23. The van der Waals surface area contributed by atoms with Gasteiger partial charge in [0.25, 0.3) is 5.56 Å². The molecule has 4 aromatic rings. The number of fused-ring (bicyclic) bond motifs is 3. The number of aromatic nitrogens is 4. The zero-order valence-corrected chi connectivity index (χ0v) is 15.2. The molecule has 3 heterocycles. The van der Waals surface area contributed by atoms with E-state index in [1.165, 1.54) is 15.9 Å². The summed E-state index contributed by atoms with van der Waals surface area (Å²) in [4.78, 5) is 14.5. The van der Waals surface area contributed by atoms with Gasteiger partial charge in [0.2, 0.25) is 5.78 Å². The Balaban J connectivity index is 1.67. The Hall–Kier alpha value is -3.02. The van der Waals surface area contributed by atoms with E-state index < -0.39 is 0 Å². The fraction of sp³-hybridized carbons (Fsp3) is 0.222. The Labute approximate surface area is 153 Å². The summed E-state index contributed by atoms with van der Waals surface area (Å²) in [5, 5.41) is 19.3. The topological polar surface area (TPSA) is 79.2 Å².